The molecule has 0 aliphatic rings. The lowest BCUT2D eigenvalue weighted by Crippen LogP contribution is -2.17. The van der Waals surface area contributed by atoms with Crippen LogP contribution in [0.25, 0.3) is 0 Å². The van der Waals surface area contributed by atoms with Crippen LogP contribution in [-0.2, 0) is 11.2 Å². The number of rotatable bonds is 4. The summed E-state index contributed by atoms with van der Waals surface area (Å²) in [6, 6.07) is 10.3. The van der Waals surface area contributed by atoms with Gasteiger partial charge in [-0.05, 0) is 29.8 Å². The van der Waals surface area contributed by atoms with Gasteiger partial charge in [-0.1, -0.05) is 12.1 Å². The fraction of sp³-hybridized carbons (Fsp3) is 0.133. The van der Waals surface area contributed by atoms with Crippen LogP contribution in [0.4, 0.5) is 0 Å². The lowest BCUT2D eigenvalue weighted by Gasteiger charge is -2.11. The van der Waals surface area contributed by atoms with Crippen molar-refractivity contribution in [3.63, 3.8) is 0 Å². The van der Waals surface area contributed by atoms with Crippen LogP contribution in [0, 0.1) is 0 Å². The molecule has 20 heavy (non-hydrogen) atoms. The Morgan fingerprint density at radius 1 is 1.15 bits per heavy atom. The smallest absolute Gasteiger partial charge is 0.338 e. The molecule has 1 aromatic carbocycles. The molecule has 0 unspecified atom stereocenters. The van der Waals surface area contributed by atoms with E-state index in [1.807, 2.05) is 12.1 Å². The normalized spacial score (nSPS) is 10.1. The molecule has 0 aliphatic carbocycles. The lowest BCUT2D eigenvalue weighted by molar-refractivity contribution is 0.0599. The molecule has 0 radical (unpaired) electrons. The maximum absolute atomic E-state index is 11.8. The zero-order valence-corrected chi connectivity index (χ0v) is 11.0. The van der Waals surface area contributed by atoms with Crippen LogP contribution in [0.3, 0.4) is 0 Å². The first-order chi connectivity index (χ1) is 9.63. The number of benzene rings is 1. The third-order valence-electron chi connectivity index (χ3n) is 2.93. The summed E-state index contributed by atoms with van der Waals surface area (Å²) in [5.74, 6) is -1.08. The number of amides is 1. The summed E-state index contributed by atoms with van der Waals surface area (Å²) in [6.07, 6.45) is 1.99. The van der Waals surface area contributed by atoms with Crippen LogP contribution in [0.5, 0.6) is 0 Å². The highest BCUT2D eigenvalue weighted by Gasteiger charge is 2.18. The van der Waals surface area contributed by atoms with E-state index in [0.29, 0.717) is 23.1 Å². The summed E-state index contributed by atoms with van der Waals surface area (Å²) in [7, 11) is 1.30. The molecule has 1 amide bonds. The largest absolute Gasteiger partial charge is 0.465 e. The first-order valence-corrected chi connectivity index (χ1v) is 6.03. The average Bonchev–Trinajstić information content (AvgIpc) is 2.47. The first kappa shape index (κ1) is 13.7. The molecule has 0 atom stereocenters. The van der Waals surface area contributed by atoms with Gasteiger partial charge in [-0.15, -0.1) is 0 Å². The van der Waals surface area contributed by atoms with E-state index in [2.05, 4.69) is 4.98 Å². The van der Waals surface area contributed by atoms with E-state index >= 15 is 0 Å². The SMILES string of the molecule is COC(=O)c1cccc(C(N)=O)c1Cc1ccccn1. The molecule has 0 bridgehead atoms. The zero-order chi connectivity index (χ0) is 14.5. The Bertz CT molecular complexity index is 639. The van der Waals surface area contributed by atoms with E-state index in [0.717, 1.165) is 5.69 Å². The molecule has 1 aromatic heterocycles. The average molecular weight is 270 g/mol. The predicted molar refractivity (Wildman–Crippen MR) is 73.3 cm³/mol. The summed E-state index contributed by atoms with van der Waals surface area (Å²) in [4.78, 5) is 27.5. The molecule has 0 spiro atoms. The van der Waals surface area contributed by atoms with Crippen molar-refractivity contribution in [3.8, 4) is 0 Å². The summed E-state index contributed by atoms with van der Waals surface area (Å²) in [6.45, 7) is 0. The van der Waals surface area contributed by atoms with Crippen LogP contribution >= 0.6 is 0 Å². The number of hydrogen-bond donors (Lipinski definition) is 1. The molecule has 0 fully saturated rings. The minimum Gasteiger partial charge on any atom is -0.465 e. The third-order valence-corrected chi connectivity index (χ3v) is 2.93. The number of nitrogens with two attached hydrogens (primary N) is 1. The van der Waals surface area contributed by atoms with Gasteiger partial charge < -0.3 is 10.5 Å². The van der Waals surface area contributed by atoms with Crippen LogP contribution in [-0.4, -0.2) is 24.0 Å². The van der Waals surface area contributed by atoms with Gasteiger partial charge in [0.2, 0.25) is 5.91 Å². The van der Waals surface area contributed by atoms with Crippen molar-refractivity contribution in [2.24, 2.45) is 5.73 Å². The fourth-order valence-corrected chi connectivity index (χ4v) is 1.99. The van der Waals surface area contributed by atoms with Crippen LogP contribution in [0.2, 0.25) is 0 Å². The minimum absolute atomic E-state index is 0.304. The topological polar surface area (TPSA) is 82.3 Å². The number of pyridine rings is 1. The van der Waals surface area contributed by atoms with E-state index in [9.17, 15) is 9.59 Å². The van der Waals surface area contributed by atoms with Gasteiger partial charge in [0.25, 0.3) is 0 Å². The molecule has 102 valence electrons. The van der Waals surface area contributed by atoms with E-state index < -0.39 is 11.9 Å². The monoisotopic (exact) mass is 270 g/mol. The number of aromatic nitrogens is 1. The van der Waals surface area contributed by atoms with Crippen LogP contribution in [0.1, 0.15) is 32.0 Å². The summed E-state index contributed by atoms with van der Waals surface area (Å²) in [5.41, 5.74) is 7.27. The van der Waals surface area contributed by atoms with Crippen molar-refractivity contribution in [1.82, 2.24) is 4.98 Å². The predicted octanol–water partition coefficient (Wildman–Crippen LogP) is 1.56. The Morgan fingerprint density at radius 2 is 1.90 bits per heavy atom. The van der Waals surface area contributed by atoms with Gasteiger partial charge in [-0.2, -0.15) is 0 Å². The van der Waals surface area contributed by atoms with Gasteiger partial charge in [0.15, 0.2) is 0 Å². The molecular weight excluding hydrogens is 256 g/mol. The van der Waals surface area contributed by atoms with Crippen molar-refractivity contribution in [2.45, 2.75) is 6.42 Å². The number of esters is 1. The van der Waals surface area contributed by atoms with E-state index in [1.54, 1.807) is 30.5 Å². The van der Waals surface area contributed by atoms with Crippen LogP contribution < -0.4 is 5.73 Å². The number of nitrogens with zero attached hydrogens (tertiary/aromatic N) is 1. The molecule has 2 aromatic rings. The van der Waals surface area contributed by atoms with Crippen molar-refractivity contribution in [2.75, 3.05) is 7.11 Å². The molecule has 2 N–H and O–H groups in total. The van der Waals surface area contributed by atoms with Gasteiger partial charge in [0.05, 0.1) is 12.7 Å². The highest BCUT2D eigenvalue weighted by Crippen LogP contribution is 2.19. The Morgan fingerprint density at radius 3 is 2.50 bits per heavy atom. The van der Waals surface area contributed by atoms with E-state index in [4.69, 9.17) is 10.5 Å². The second kappa shape index (κ2) is 5.97. The quantitative estimate of drug-likeness (QED) is 0.855. The van der Waals surface area contributed by atoms with Gasteiger partial charge in [0.1, 0.15) is 0 Å². The van der Waals surface area contributed by atoms with Crippen molar-refractivity contribution in [3.05, 3.63) is 65.0 Å². The minimum atomic E-state index is -0.582. The molecule has 1 heterocycles. The van der Waals surface area contributed by atoms with Gasteiger partial charge >= 0.3 is 5.97 Å². The van der Waals surface area contributed by atoms with Crippen molar-refractivity contribution < 1.29 is 14.3 Å². The summed E-state index contributed by atoms with van der Waals surface area (Å²) in [5, 5.41) is 0. The fourth-order valence-electron chi connectivity index (χ4n) is 1.99. The summed E-state index contributed by atoms with van der Waals surface area (Å²) >= 11 is 0. The first-order valence-electron chi connectivity index (χ1n) is 6.03. The lowest BCUT2D eigenvalue weighted by atomic mass is 9.96. The molecule has 0 saturated heterocycles. The number of primary amides is 1. The summed E-state index contributed by atoms with van der Waals surface area (Å²) < 4.78 is 4.74. The number of carbonyl (C=O) groups excluding carboxylic acids is 2. The van der Waals surface area contributed by atoms with E-state index in [1.165, 1.54) is 7.11 Å². The Hall–Kier alpha value is -2.69. The number of carbonyl (C=O) groups is 2. The van der Waals surface area contributed by atoms with Crippen molar-refractivity contribution >= 4 is 11.9 Å². The second-order valence-electron chi connectivity index (χ2n) is 4.19. The van der Waals surface area contributed by atoms with Crippen molar-refractivity contribution in [1.29, 1.82) is 0 Å². The second-order valence-corrected chi connectivity index (χ2v) is 4.19. The van der Waals surface area contributed by atoms with Gasteiger partial charge in [-0.3, -0.25) is 9.78 Å². The van der Waals surface area contributed by atoms with E-state index in [-0.39, 0.29) is 0 Å². The third kappa shape index (κ3) is 2.83. The molecule has 5 heteroatoms. The molecule has 2 rings (SSSR count). The Kier molecular flexibility index (Phi) is 4.10. The zero-order valence-electron chi connectivity index (χ0n) is 11.0. The molecular formula is C15H14N2O3. The standard InChI is InChI=1S/C15H14N2O3/c1-20-15(19)12-7-4-6-11(14(16)18)13(12)9-10-5-2-3-8-17-10/h2-8H,9H2,1H3,(H2,16,18). The van der Waals surface area contributed by atoms with Gasteiger partial charge in [-0.25, -0.2) is 4.79 Å². The molecule has 0 saturated carbocycles. The number of ether oxygens (including phenoxy) is 1. The number of hydrogen-bond acceptors (Lipinski definition) is 4. The maximum Gasteiger partial charge on any atom is 0.338 e. The highest BCUT2D eigenvalue weighted by atomic mass is 16.5. The molecule has 5 nitrogen and oxygen atoms in total. The van der Waals surface area contributed by atoms with Crippen LogP contribution in [0.15, 0.2) is 42.6 Å². The maximum atomic E-state index is 11.8. The van der Waals surface area contributed by atoms with Gasteiger partial charge in [0, 0.05) is 23.9 Å². The Balaban J connectivity index is 2.52. The molecule has 0 aliphatic heterocycles. The number of methoxy groups -OCH3 is 1. The highest BCUT2D eigenvalue weighted by molar-refractivity contribution is 5.99. The Labute approximate surface area is 116 Å².